The van der Waals surface area contributed by atoms with Crippen LogP contribution in [0.25, 0.3) is 0 Å². The lowest BCUT2D eigenvalue weighted by molar-refractivity contribution is -0.182. The second kappa shape index (κ2) is 10.1. The van der Waals surface area contributed by atoms with Crippen molar-refractivity contribution >= 4 is 29.2 Å². The number of ketones is 1. The Kier molecular flexibility index (Phi) is 6.95. The highest BCUT2D eigenvalue weighted by Gasteiger charge is 2.34. The highest BCUT2D eigenvalue weighted by atomic mass is 19.1. The Balaban J connectivity index is 1.42. The van der Waals surface area contributed by atoms with Crippen LogP contribution in [-0.2, 0) is 25.7 Å². The summed E-state index contributed by atoms with van der Waals surface area (Å²) >= 11 is 0. The number of halogens is 2. The molecule has 2 saturated heterocycles. The van der Waals surface area contributed by atoms with Gasteiger partial charge in [0.1, 0.15) is 30.4 Å². The fourth-order valence-electron chi connectivity index (χ4n) is 3.80. The zero-order valence-corrected chi connectivity index (χ0v) is 18.4. The number of aromatic nitrogens is 4. The third kappa shape index (κ3) is 5.27. The Morgan fingerprint density at radius 1 is 1.18 bits per heavy atom. The van der Waals surface area contributed by atoms with Crippen molar-refractivity contribution in [1.29, 1.82) is 0 Å². The molecule has 0 aliphatic carbocycles. The molecule has 1 aromatic heterocycles. The van der Waals surface area contributed by atoms with Crippen molar-refractivity contribution in [3.05, 3.63) is 30.1 Å². The van der Waals surface area contributed by atoms with Crippen LogP contribution in [0, 0.1) is 11.6 Å². The Bertz CT molecular complexity index is 1040. The van der Waals surface area contributed by atoms with Crippen molar-refractivity contribution in [3.63, 3.8) is 0 Å². The summed E-state index contributed by atoms with van der Waals surface area (Å²) in [7, 11) is 0. The maximum absolute atomic E-state index is 15.0. The average Bonchev–Trinajstić information content (AvgIpc) is 3.35. The molecule has 1 atom stereocenters. The van der Waals surface area contributed by atoms with Gasteiger partial charge < -0.3 is 14.4 Å². The molecule has 0 bridgehead atoms. The molecule has 2 aliphatic heterocycles. The first-order valence-corrected chi connectivity index (χ1v) is 10.7. The van der Waals surface area contributed by atoms with E-state index in [0.29, 0.717) is 6.42 Å². The van der Waals surface area contributed by atoms with Gasteiger partial charge in [0.2, 0.25) is 0 Å². The van der Waals surface area contributed by atoms with Gasteiger partial charge in [0.25, 0.3) is 5.91 Å². The summed E-state index contributed by atoms with van der Waals surface area (Å²) in [6, 6.07) is 2.14. The van der Waals surface area contributed by atoms with Crippen LogP contribution in [0.2, 0.25) is 0 Å². The van der Waals surface area contributed by atoms with Crippen LogP contribution in [-0.4, -0.2) is 81.9 Å². The fraction of sp³-hybridized carbons (Fsp3) is 0.500. The number of tetrazole rings is 1. The highest BCUT2D eigenvalue weighted by Crippen LogP contribution is 2.32. The number of ether oxygens (including phenoxy) is 1. The number of Topliss-reactive ketones (excluding diaryl/α,β-unsaturated/α-hetero) is 1. The Labute approximate surface area is 192 Å². The standard InChI is InChI=1S/C20H23F2N7O5/c1-13(30)2-3-15-10-28(20(32)34-15)14-8-16(21)19(17(22)9-14)26-4-5-29(33-7-6-26)18(31)11-27-12-23-24-25-27/h8-9,12,15H,2-7,10-11H2,1H3/t15-/m0/s1. The number of hydrogen-bond donors (Lipinski definition) is 0. The maximum atomic E-state index is 15.0. The first kappa shape index (κ1) is 23.5. The van der Waals surface area contributed by atoms with Crippen molar-refractivity contribution < 1.29 is 32.7 Å². The van der Waals surface area contributed by atoms with Gasteiger partial charge in [-0.2, -0.15) is 0 Å². The molecule has 3 heterocycles. The van der Waals surface area contributed by atoms with Gasteiger partial charge in [0.05, 0.1) is 25.4 Å². The summed E-state index contributed by atoms with van der Waals surface area (Å²) in [4.78, 5) is 43.8. The molecule has 0 unspecified atom stereocenters. The van der Waals surface area contributed by atoms with E-state index in [0.717, 1.165) is 22.1 Å². The number of hydrogen-bond acceptors (Lipinski definition) is 9. The van der Waals surface area contributed by atoms with Crippen LogP contribution in [0.3, 0.4) is 0 Å². The molecule has 1 aromatic carbocycles. The van der Waals surface area contributed by atoms with E-state index >= 15 is 8.78 Å². The molecule has 12 nitrogen and oxygen atoms in total. The van der Waals surface area contributed by atoms with E-state index in [2.05, 4.69) is 15.5 Å². The van der Waals surface area contributed by atoms with Gasteiger partial charge in [-0.3, -0.25) is 14.5 Å². The van der Waals surface area contributed by atoms with Crippen LogP contribution < -0.4 is 9.80 Å². The van der Waals surface area contributed by atoms with Crippen molar-refractivity contribution in [1.82, 2.24) is 25.3 Å². The number of carbonyl (C=O) groups is 3. The van der Waals surface area contributed by atoms with Crippen LogP contribution in [0.5, 0.6) is 0 Å². The molecule has 0 N–H and O–H groups in total. The monoisotopic (exact) mass is 479 g/mol. The van der Waals surface area contributed by atoms with E-state index in [1.54, 1.807) is 0 Å². The Morgan fingerprint density at radius 2 is 1.94 bits per heavy atom. The second-order valence-corrected chi connectivity index (χ2v) is 7.94. The zero-order valence-electron chi connectivity index (χ0n) is 18.4. The summed E-state index contributed by atoms with van der Waals surface area (Å²) in [5.41, 5.74) is -0.249. The lowest BCUT2D eigenvalue weighted by Gasteiger charge is -2.24. The van der Waals surface area contributed by atoms with Gasteiger partial charge in [-0.05, 0) is 23.8 Å². The molecule has 2 aromatic rings. The molecule has 0 spiro atoms. The first-order valence-electron chi connectivity index (χ1n) is 10.7. The molecule has 34 heavy (non-hydrogen) atoms. The third-order valence-corrected chi connectivity index (χ3v) is 5.47. The van der Waals surface area contributed by atoms with Gasteiger partial charge in [0, 0.05) is 31.6 Å². The molecular weight excluding hydrogens is 456 g/mol. The van der Waals surface area contributed by atoms with Crippen LogP contribution in [0.4, 0.5) is 25.0 Å². The van der Waals surface area contributed by atoms with E-state index in [1.807, 2.05) is 0 Å². The lowest BCUT2D eigenvalue weighted by atomic mass is 10.1. The molecule has 2 aliphatic rings. The summed E-state index contributed by atoms with van der Waals surface area (Å²) in [5.74, 6) is -2.16. The number of benzene rings is 1. The van der Waals surface area contributed by atoms with Crippen molar-refractivity contribution in [2.75, 3.05) is 42.6 Å². The first-order chi connectivity index (χ1) is 16.3. The lowest BCUT2D eigenvalue weighted by Crippen LogP contribution is -2.37. The molecular formula is C20H23F2N7O5. The molecule has 0 radical (unpaired) electrons. The number of rotatable bonds is 7. The van der Waals surface area contributed by atoms with Crippen molar-refractivity contribution in [2.24, 2.45) is 0 Å². The zero-order chi connectivity index (χ0) is 24.2. The normalized spacial score (nSPS) is 18.7. The van der Waals surface area contributed by atoms with Gasteiger partial charge in [0.15, 0.2) is 11.6 Å². The average molecular weight is 479 g/mol. The minimum Gasteiger partial charge on any atom is -0.444 e. The highest BCUT2D eigenvalue weighted by molar-refractivity contribution is 5.90. The number of anilines is 2. The molecule has 4 rings (SSSR count). The fourth-order valence-corrected chi connectivity index (χ4v) is 3.80. The predicted octanol–water partition coefficient (Wildman–Crippen LogP) is 0.926. The van der Waals surface area contributed by atoms with Gasteiger partial charge in [-0.15, -0.1) is 5.10 Å². The SMILES string of the molecule is CC(=O)CC[C@H]1CN(c2cc(F)c(N3CCON(C(=O)Cn4cnnn4)CC3)c(F)c2)C(=O)O1. The minimum absolute atomic E-state index is 0.0260. The minimum atomic E-state index is -0.858. The quantitative estimate of drug-likeness (QED) is 0.570. The smallest absolute Gasteiger partial charge is 0.414 e. The van der Waals surface area contributed by atoms with Gasteiger partial charge in [-0.1, -0.05) is 0 Å². The van der Waals surface area contributed by atoms with E-state index in [4.69, 9.17) is 9.57 Å². The van der Waals surface area contributed by atoms with E-state index in [-0.39, 0.29) is 62.9 Å². The largest absolute Gasteiger partial charge is 0.444 e. The van der Waals surface area contributed by atoms with Crippen molar-refractivity contribution in [2.45, 2.75) is 32.4 Å². The summed E-state index contributed by atoms with van der Waals surface area (Å²) in [6.45, 7) is 1.75. The van der Waals surface area contributed by atoms with Crippen LogP contribution in [0.1, 0.15) is 19.8 Å². The van der Waals surface area contributed by atoms with E-state index < -0.39 is 29.7 Å². The number of carbonyl (C=O) groups excluding carboxylic acids is 3. The molecule has 182 valence electrons. The number of cyclic esters (lactones) is 1. The Hall–Kier alpha value is -3.68. The second-order valence-electron chi connectivity index (χ2n) is 7.94. The van der Waals surface area contributed by atoms with Gasteiger partial charge >= 0.3 is 6.09 Å². The van der Waals surface area contributed by atoms with Gasteiger partial charge in [-0.25, -0.2) is 23.3 Å². The number of amides is 2. The van der Waals surface area contributed by atoms with Crippen LogP contribution in [0.15, 0.2) is 18.5 Å². The summed E-state index contributed by atoms with van der Waals surface area (Å²) in [5, 5.41) is 11.6. The molecule has 0 saturated carbocycles. The van der Waals surface area contributed by atoms with E-state index in [1.165, 1.54) is 22.8 Å². The summed E-state index contributed by atoms with van der Waals surface area (Å²) in [6.07, 6.45) is 0.633. The molecule has 2 fully saturated rings. The maximum Gasteiger partial charge on any atom is 0.414 e. The molecule has 2 amide bonds. The molecule has 14 heteroatoms. The van der Waals surface area contributed by atoms with Crippen LogP contribution >= 0.6 is 0 Å². The topological polar surface area (TPSA) is 123 Å². The predicted molar refractivity (Wildman–Crippen MR) is 112 cm³/mol. The van der Waals surface area contributed by atoms with Crippen molar-refractivity contribution in [3.8, 4) is 0 Å². The number of hydroxylamine groups is 2. The summed E-state index contributed by atoms with van der Waals surface area (Å²) < 4.78 is 36.5. The Morgan fingerprint density at radius 3 is 2.62 bits per heavy atom. The number of nitrogens with zero attached hydrogens (tertiary/aromatic N) is 7. The third-order valence-electron chi connectivity index (χ3n) is 5.47. The van der Waals surface area contributed by atoms with E-state index in [9.17, 15) is 14.4 Å².